The number of benzene rings is 4. The van der Waals surface area contributed by atoms with Crippen molar-refractivity contribution in [3.63, 3.8) is 0 Å². The maximum Gasteiger partial charge on any atom is 0.335 e. The van der Waals surface area contributed by atoms with E-state index >= 15 is 0 Å². The summed E-state index contributed by atoms with van der Waals surface area (Å²) in [6.07, 6.45) is 1.22. The first kappa shape index (κ1) is 30.1. The van der Waals surface area contributed by atoms with E-state index in [1.54, 1.807) is 24.3 Å². The summed E-state index contributed by atoms with van der Waals surface area (Å²) in [6.45, 7) is 12.6. The molecule has 0 aromatic heterocycles. The van der Waals surface area contributed by atoms with Gasteiger partial charge in [-0.2, -0.15) is 0 Å². The Balaban J connectivity index is 1.29. The third-order valence-corrected chi connectivity index (χ3v) is 8.69. The van der Waals surface area contributed by atoms with Crippen LogP contribution in [0.5, 0.6) is 34.5 Å². The zero-order valence-corrected chi connectivity index (χ0v) is 26.2. The molecule has 0 radical (unpaired) electrons. The number of hydrogen-bond acceptors (Lipinski definition) is 6. The molecule has 0 atom stereocenters. The highest BCUT2D eigenvalue weighted by Crippen LogP contribution is 2.55. The second-order valence-electron chi connectivity index (χ2n) is 13.3. The van der Waals surface area contributed by atoms with Crippen LogP contribution in [0.3, 0.4) is 0 Å². The summed E-state index contributed by atoms with van der Waals surface area (Å²) in [5.74, 6) is 1.11. The SMILES string of the molecule is Cc1cc2c(cc1Oc1ccc(C(=O)O)cc1)C(C)(C)CC1(CC(C)(C)c3cc(Oc4ccc(C(=O)O)cc4)c(C)cc3O1)O2. The van der Waals surface area contributed by atoms with E-state index in [4.69, 9.17) is 18.9 Å². The van der Waals surface area contributed by atoms with Gasteiger partial charge in [0.15, 0.2) is 0 Å². The molecule has 0 saturated carbocycles. The third kappa shape index (κ3) is 5.68. The fraction of sp³-hybridized carbons (Fsp3) is 0.297. The second-order valence-corrected chi connectivity index (χ2v) is 13.3. The van der Waals surface area contributed by atoms with Crippen LogP contribution in [0.4, 0.5) is 0 Å². The summed E-state index contributed by atoms with van der Waals surface area (Å²) in [4.78, 5) is 22.5. The van der Waals surface area contributed by atoms with Gasteiger partial charge in [0.25, 0.3) is 5.79 Å². The van der Waals surface area contributed by atoms with Crippen LogP contribution in [0.15, 0.2) is 72.8 Å². The van der Waals surface area contributed by atoms with Gasteiger partial charge in [0.1, 0.15) is 34.5 Å². The topological polar surface area (TPSA) is 112 Å². The molecule has 2 aliphatic rings. The van der Waals surface area contributed by atoms with Crippen molar-refractivity contribution < 1.29 is 38.7 Å². The lowest BCUT2D eigenvalue weighted by Crippen LogP contribution is -2.55. The average Bonchev–Trinajstić information content (AvgIpc) is 2.94. The van der Waals surface area contributed by atoms with E-state index in [0.717, 1.165) is 33.8 Å². The Morgan fingerprint density at radius 3 is 1.31 bits per heavy atom. The number of ether oxygens (including phenoxy) is 4. The molecule has 2 aliphatic heterocycles. The van der Waals surface area contributed by atoms with E-state index in [1.807, 2.05) is 38.1 Å². The van der Waals surface area contributed by atoms with Crippen LogP contribution in [0.1, 0.15) is 83.5 Å². The quantitative estimate of drug-likeness (QED) is 0.223. The molecule has 0 aliphatic carbocycles. The maximum absolute atomic E-state index is 11.2. The molecule has 2 heterocycles. The first-order valence-corrected chi connectivity index (χ1v) is 14.9. The lowest BCUT2D eigenvalue weighted by Gasteiger charge is -2.51. The van der Waals surface area contributed by atoms with Crippen LogP contribution in [0.25, 0.3) is 0 Å². The van der Waals surface area contributed by atoms with E-state index in [9.17, 15) is 19.8 Å². The number of aromatic carboxylic acids is 2. The van der Waals surface area contributed by atoms with Crippen molar-refractivity contribution in [2.45, 2.75) is 71.0 Å². The van der Waals surface area contributed by atoms with Crippen molar-refractivity contribution >= 4 is 11.9 Å². The van der Waals surface area contributed by atoms with Gasteiger partial charge < -0.3 is 29.2 Å². The monoisotopic (exact) mass is 608 g/mol. The molecule has 0 fully saturated rings. The molecule has 6 rings (SSSR count). The molecule has 4 aromatic carbocycles. The molecule has 8 nitrogen and oxygen atoms in total. The van der Waals surface area contributed by atoms with Crippen molar-refractivity contribution in [2.24, 2.45) is 0 Å². The zero-order chi connectivity index (χ0) is 32.3. The highest BCUT2D eigenvalue weighted by molar-refractivity contribution is 5.88. The van der Waals surface area contributed by atoms with Crippen molar-refractivity contribution in [1.82, 2.24) is 0 Å². The van der Waals surface area contributed by atoms with Crippen LogP contribution in [0.2, 0.25) is 0 Å². The van der Waals surface area contributed by atoms with E-state index in [-0.39, 0.29) is 22.0 Å². The summed E-state index contributed by atoms with van der Waals surface area (Å²) >= 11 is 0. The average molecular weight is 609 g/mol. The van der Waals surface area contributed by atoms with E-state index in [2.05, 4.69) is 27.7 Å². The van der Waals surface area contributed by atoms with Gasteiger partial charge in [-0.1, -0.05) is 27.7 Å². The summed E-state index contributed by atoms with van der Waals surface area (Å²) < 4.78 is 26.0. The Bertz CT molecular complexity index is 1680. The van der Waals surface area contributed by atoms with Crippen molar-refractivity contribution in [1.29, 1.82) is 0 Å². The van der Waals surface area contributed by atoms with Crippen LogP contribution in [-0.2, 0) is 10.8 Å². The standard InChI is InChI=1S/C37H36O8/c1-21-15-31-27(17-29(21)42-25-11-7-23(8-12-25)33(38)39)35(3,4)19-37(44-31)20-36(5,6)28-18-30(22(2)16-32(28)45-37)43-26-13-9-24(10-14-26)34(40)41/h7-18H,19-20H2,1-6H3,(H,38,39)(H,40,41). The predicted molar refractivity (Wildman–Crippen MR) is 169 cm³/mol. The fourth-order valence-electron chi connectivity index (χ4n) is 6.52. The number of carboxylic acids is 2. The van der Waals surface area contributed by atoms with E-state index in [0.29, 0.717) is 35.8 Å². The van der Waals surface area contributed by atoms with Gasteiger partial charge in [-0.15, -0.1) is 0 Å². The molecule has 8 heteroatoms. The first-order valence-electron chi connectivity index (χ1n) is 14.9. The fourth-order valence-corrected chi connectivity index (χ4v) is 6.52. The summed E-state index contributed by atoms with van der Waals surface area (Å²) in [5, 5.41) is 18.4. The lowest BCUT2D eigenvalue weighted by molar-refractivity contribution is -0.166. The van der Waals surface area contributed by atoms with Crippen LogP contribution in [0, 0.1) is 13.8 Å². The van der Waals surface area contributed by atoms with Gasteiger partial charge in [-0.3, -0.25) is 0 Å². The molecule has 2 N–H and O–H groups in total. The third-order valence-electron chi connectivity index (χ3n) is 8.69. The van der Waals surface area contributed by atoms with Gasteiger partial charge in [-0.05, 0) is 97.8 Å². The zero-order valence-electron chi connectivity index (χ0n) is 26.2. The first-order chi connectivity index (χ1) is 21.1. The highest BCUT2D eigenvalue weighted by Gasteiger charge is 2.53. The lowest BCUT2D eigenvalue weighted by atomic mass is 9.69. The Kier molecular flexibility index (Phi) is 7.07. The molecule has 0 unspecified atom stereocenters. The minimum atomic E-state index is -0.983. The highest BCUT2D eigenvalue weighted by atomic mass is 16.7. The molecule has 232 valence electrons. The molecule has 1 spiro atoms. The van der Waals surface area contributed by atoms with Gasteiger partial charge in [0.05, 0.1) is 11.1 Å². The van der Waals surface area contributed by atoms with Gasteiger partial charge in [0, 0.05) is 34.8 Å². The summed E-state index contributed by atoms with van der Waals surface area (Å²) in [5.41, 5.74) is 3.55. The Morgan fingerprint density at radius 2 is 0.978 bits per heavy atom. The Labute approximate surface area is 262 Å². The molecular weight excluding hydrogens is 572 g/mol. The van der Waals surface area contributed by atoms with E-state index < -0.39 is 17.7 Å². The molecule has 0 saturated heterocycles. The number of fused-ring (bicyclic) bond motifs is 2. The largest absolute Gasteiger partial charge is 0.478 e. The number of carboxylic acid groups (broad SMARTS) is 2. The molecular formula is C37H36O8. The van der Waals surface area contributed by atoms with E-state index in [1.165, 1.54) is 24.3 Å². The number of rotatable bonds is 6. The van der Waals surface area contributed by atoms with Crippen LogP contribution in [-0.4, -0.2) is 27.9 Å². The predicted octanol–water partition coefficient (Wildman–Crippen LogP) is 8.80. The van der Waals surface area contributed by atoms with Crippen LogP contribution < -0.4 is 18.9 Å². The molecule has 45 heavy (non-hydrogen) atoms. The Morgan fingerprint density at radius 1 is 0.622 bits per heavy atom. The van der Waals surface area contributed by atoms with Gasteiger partial charge in [0.2, 0.25) is 0 Å². The summed E-state index contributed by atoms with van der Waals surface area (Å²) in [7, 11) is 0. The van der Waals surface area contributed by atoms with Gasteiger partial charge >= 0.3 is 11.9 Å². The van der Waals surface area contributed by atoms with Crippen molar-refractivity contribution in [2.75, 3.05) is 0 Å². The minimum Gasteiger partial charge on any atom is -0.478 e. The smallest absolute Gasteiger partial charge is 0.335 e. The van der Waals surface area contributed by atoms with Crippen LogP contribution >= 0.6 is 0 Å². The Hall–Kier alpha value is -4.98. The second kappa shape index (κ2) is 10.6. The maximum atomic E-state index is 11.2. The number of carbonyl (C=O) groups is 2. The van der Waals surface area contributed by atoms with Crippen molar-refractivity contribution in [3.8, 4) is 34.5 Å². The number of hydrogen-bond donors (Lipinski definition) is 2. The van der Waals surface area contributed by atoms with Gasteiger partial charge in [-0.25, -0.2) is 9.59 Å². The number of aryl methyl sites for hydroxylation is 2. The minimum absolute atomic E-state index is 0.201. The molecule has 0 bridgehead atoms. The van der Waals surface area contributed by atoms with Crippen molar-refractivity contribution in [3.05, 3.63) is 106 Å². The summed E-state index contributed by atoms with van der Waals surface area (Å²) in [6, 6.07) is 20.7. The molecule has 0 amide bonds. The normalized spacial score (nSPS) is 16.8. The molecule has 4 aromatic rings.